The van der Waals surface area contributed by atoms with Gasteiger partial charge in [-0.15, -0.1) is 0 Å². The van der Waals surface area contributed by atoms with Gasteiger partial charge in [0, 0.05) is 10.4 Å². The standard InChI is InChI=1S/C13H9ClN2O/c14-10-2-1-3-11(7-10)16-13-5-4-12(17)6-9(13)8-15-16/h1-8,17H. The first-order valence-corrected chi connectivity index (χ1v) is 5.54. The van der Waals surface area contributed by atoms with Gasteiger partial charge in [0.05, 0.1) is 17.4 Å². The molecule has 0 bridgehead atoms. The van der Waals surface area contributed by atoms with E-state index in [1.165, 1.54) is 0 Å². The van der Waals surface area contributed by atoms with E-state index in [9.17, 15) is 5.11 Å². The summed E-state index contributed by atoms with van der Waals surface area (Å²) in [6.07, 6.45) is 1.72. The number of phenols is 1. The zero-order chi connectivity index (χ0) is 11.8. The molecular formula is C13H9ClN2O. The zero-order valence-corrected chi connectivity index (χ0v) is 9.59. The van der Waals surface area contributed by atoms with Crippen molar-refractivity contribution in [3.05, 3.63) is 53.7 Å². The Morgan fingerprint density at radius 3 is 2.82 bits per heavy atom. The molecule has 0 unspecified atom stereocenters. The first-order chi connectivity index (χ1) is 8.24. The van der Waals surface area contributed by atoms with Crippen LogP contribution in [0, 0.1) is 0 Å². The van der Waals surface area contributed by atoms with Gasteiger partial charge in [0.2, 0.25) is 0 Å². The quantitative estimate of drug-likeness (QED) is 0.713. The average Bonchev–Trinajstić information content (AvgIpc) is 2.71. The summed E-state index contributed by atoms with van der Waals surface area (Å²) in [7, 11) is 0. The Bertz CT molecular complexity index is 691. The predicted octanol–water partition coefficient (Wildman–Crippen LogP) is 3.38. The highest BCUT2D eigenvalue weighted by Crippen LogP contribution is 2.23. The molecule has 0 aliphatic rings. The number of rotatable bonds is 1. The minimum absolute atomic E-state index is 0.239. The Kier molecular flexibility index (Phi) is 2.27. The minimum atomic E-state index is 0.239. The molecule has 3 rings (SSSR count). The molecule has 2 aromatic carbocycles. The van der Waals surface area contributed by atoms with Crippen molar-refractivity contribution in [2.75, 3.05) is 0 Å². The number of aromatic nitrogens is 2. The number of aromatic hydroxyl groups is 1. The van der Waals surface area contributed by atoms with E-state index in [0.717, 1.165) is 16.6 Å². The molecule has 17 heavy (non-hydrogen) atoms. The second-order valence-electron chi connectivity index (χ2n) is 3.78. The van der Waals surface area contributed by atoms with Crippen molar-refractivity contribution in [3.8, 4) is 11.4 Å². The number of nitrogens with zero attached hydrogens (tertiary/aromatic N) is 2. The molecule has 84 valence electrons. The summed E-state index contributed by atoms with van der Waals surface area (Å²) in [6, 6.07) is 12.6. The van der Waals surface area contributed by atoms with E-state index in [0.29, 0.717) is 5.02 Å². The van der Waals surface area contributed by atoms with Gasteiger partial charge < -0.3 is 5.11 Å². The van der Waals surface area contributed by atoms with E-state index in [1.54, 1.807) is 23.0 Å². The molecule has 0 radical (unpaired) electrons. The van der Waals surface area contributed by atoms with Crippen molar-refractivity contribution >= 4 is 22.5 Å². The Hall–Kier alpha value is -2.00. The Morgan fingerprint density at radius 2 is 2.00 bits per heavy atom. The Morgan fingerprint density at radius 1 is 1.12 bits per heavy atom. The summed E-state index contributed by atoms with van der Waals surface area (Å²) < 4.78 is 1.79. The van der Waals surface area contributed by atoms with Crippen LogP contribution in [0.4, 0.5) is 0 Å². The molecule has 0 fully saturated rings. The number of hydrogen-bond donors (Lipinski definition) is 1. The van der Waals surface area contributed by atoms with Crippen LogP contribution >= 0.6 is 11.6 Å². The van der Waals surface area contributed by atoms with Crippen LogP contribution in [0.1, 0.15) is 0 Å². The lowest BCUT2D eigenvalue weighted by molar-refractivity contribution is 0.476. The first kappa shape index (κ1) is 10.2. The van der Waals surface area contributed by atoms with E-state index in [4.69, 9.17) is 11.6 Å². The summed E-state index contributed by atoms with van der Waals surface area (Å²) in [5.41, 5.74) is 1.84. The molecule has 1 aromatic heterocycles. The van der Waals surface area contributed by atoms with Gasteiger partial charge in [0.1, 0.15) is 5.75 Å². The zero-order valence-electron chi connectivity index (χ0n) is 8.84. The second-order valence-corrected chi connectivity index (χ2v) is 4.22. The summed E-state index contributed by atoms with van der Waals surface area (Å²) in [4.78, 5) is 0. The first-order valence-electron chi connectivity index (χ1n) is 5.17. The molecule has 0 saturated carbocycles. The molecule has 0 spiro atoms. The minimum Gasteiger partial charge on any atom is -0.508 e. The van der Waals surface area contributed by atoms with Gasteiger partial charge in [-0.3, -0.25) is 0 Å². The Labute approximate surface area is 103 Å². The highest BCUT2D eigenvalue weighted by Gasteiger charge is 2.05. The van der Waals surface area contributed by atoms with Gasteiger partial charge in [0.25, 0.3) is 0 Å². The fraction of sp³-hybridized carbons (Fsp3) is 0. The van der Waals surface area contributed by atoms with Crippen molar-refractivity contribution in [2.45, 2.75) is 0 Å². The van der Waals surface area contributed by atoms with Gasteiger partial charge >= 0.3 is 0 Å². The van der Waals surface area contributed by atoms with Crippen molar-refractivity contribution in [2.24, 2.45) is 0 Å². The smallest absolute Gasteiger partial charge is 0.116 e. The summed E-state index contributed by atoms with van der Waals surface area (Å²) in [5.74, 6) is 0.239. The maximum atomic E-state index is 9.40. The van der Waals surface area contributed by atoms with Crippen molar-refractivity contribution in [3.63, 3.8) is 0 Å². The van der Waals surface area contributed by atoms with Crippen LogP contribution in [-0.4, -0.2) is 14.9 Å². The lowest BCUT2D eigenvalue weighted by Gasteiger charge is -2.03. The van der Waals surface area contributed by atoms with Gasteiger partial charge in [-0.05, 0) is 36.4 Å². The molecule has 3 nitrogen and oxygen atoms in total. The Balaban J connectivity index is 2.24. The highest BCUT2D eigenvalue weighted by atomic mass is 35.5. The lowest BCUT2D eigenvalue weighted by Crippen LogP contribution is -1.95. The van der Waals surface area contributed by atoms with Gasteiger partial charge in [-0.25, -0.2) is 4.68 Å². The van der Waals surface area contributed by atoms with Crippen molar-refractivity contribution in [1.82, 2.24) is 9.78 Å². The van der Waals surface area contributed by atoms with Crippen LogP contribution < -0.4 is 0 Å². The fourth-order valence-electron chi connectivity index (χ4n) is 1.83. The predicted molar refractivity (Wildman–Crippen MR) is 67.7 cm³/mol. The summed E-state index contributed by atoms with van der Waals surface area (Å²) in [6.45, 7) is 0. The maximum Gasteiger partial charge on any atom is 0.116 e. The van der Waals surface area contributed by atoms with E-state index in [2.05, 4.69) is 5.10 Å². The number of hydrogen-bond acceptors (Lipinski definition) is 2. The molecule has 1 N–H and O–H groups in total. The monoisotopic (exact) mass is 244 g/mol. The molecule has 0 atom stereocenters. The molecule has 1 heterocycles. The topological polar surface area (TPSA) is 38.1 Å². The molecule has 3 aromatic rings. The third-order valence-electron chi connectivity index (χ3n) is 2.60. The molecule has 0 saturated heterocycles. The summed E-state index contributed by atoms with van der Waals surface area (Å²) >= 11 is 5.96. The number of fused-ring (bicyclic) bond motifs is 1. The van der Waals surface area contributed by atoms with Crippen molar-refractivity contribution in [1.29, 1.82) is 0 Å². The molecule has 4 heteroatoms. The lowest BCUT2D eigenvalue weighted by atomic mass is 10.2. The van der Waals surface area contributed by atoms with Crippen LogP contribution in [-0.2, 0) is 0 Å². The van der Waals surface area contributed by atoms with E-state index in [1.807, 2.05) is 30.3 Å². The number of benzene rings is 2. The van der Waals surface area contributed by atoms with Crippen LogP contribution in [0.25, 0.3) is 16.6 Å². The van der Waals surface area contributed by atoms with Crippen LogP contribution in [0.15, 0.2) is 48.7 Å². The molecule has 0 amide bonds. The largest absolute Gasteiger partial charge is 0.508 e. The van der Waals surface area contributed by atoms with Gasteiger partial charge in [0.15, 0.2) is 0 Å². The van der Waals surface area contributed by atoms with Crippen LogP contribution in [0.3, 0.4) is 0 Å². The maximum absolute atomic E-state index is 9.40. The SMILES string of the molecule is Oc1ccc2c(cnn2-c2cccc(Cl)c2)c1. The van der Waals surface area contributed by atoms with Crippen LogP contribution in [0.2, 0.25) is 5.02 Å². The number of phenolic OH excluding ortho intramolecular Hbond substituents is 1. The van der Waals surface area contributed by atoms with Gasteiger partial charge in [-0.1, -0.05) is 17.7 Å². The summed E-state index contributed by atoms with van der Waals surface area (Å²) in [5, 5.41) is 15.3. The van der Waals surface area contributed by atoms with E-state index >= 15 is 0 Å². The molecule has 0 aliphatic carbocycles. The third kappa shape index (κ3) is 1.74. The normalized spacial score (nSPS) is 10.9. The van der Waals surface area contributed by atoms with Crippen LogP contribution in [0.5, 0.6) is 5.75 Å². The third-order valence-corrected chi connectivity index (χ3v) is 2.84. The average molecular weight is 245 g/mol. The number of halogens is 1. The van der Waals surface area contributed by atoms with Gasteiger partial charge in [-0.2, -0.15) is 5.10 Å². The van der Waals surface area contributed by atoms with E-state index in [-0.39, 0.29) is 5.75 Å². The second kappa shape index (κ2) is 3.79. The van der Waals surface area contributed by atoms with Crippen molar-refractivity contribution < 1.29 is 5.11 Å². The fourth-order valence-corrected chi connectivity index (χ4v) is 2.02. The molecule has 0 aliphatic heterocycles. The highest BCUT2D eigenvalue weighted by molar-refractivity contribution is 6.30. The molecular weight excluding hydrogens is 236 g/mol. The van der Waals surface area contributed by atoms with E-state index < -0.39 is 0 Å².